The first-order valence-corrected chi connectivity index (χ1v) is 13.6. The fourth-order valence-corrected chi connectivity index (χ4v) is 4.88. The van der Waals surface area contributed by atoms with Crippen LogP contribution in [-0.2, 0) is 4.79 Å². The molecule has 3 aromatic rings. The number of hydrogen-bond acceptors (Lipinski definition) is 7. The lowest BCUT2D eigenvalue weighted by atomic mass is 9.96. The number of carbonyl (C=O) groups excluding carboxylic acids is 1. The number of carbonyl (C=O) groups is 1. The van der Waals surface area contributed by atoms with Gasteiger partial charge in [0.1, 0.15) is 16.9 Å². The highest BCUT2D eigenvalue weighted by Crippen LogP contribution is 2.47. The van der Waals surface area contributed by atoms with E-state index in [0.29, 0.717) is 45.6 Å². The third-order valence-corrected chi connectivity index (χ3v) is 7.18. The molecule has 0 unspecified atom stereocenters. The van der Waals surface area contributed by atoms with E-state index in [1.54, 1.807) is 12.1 Å². The molecule has 0 aliphatic carbocycles. The molecule has 0 bridgehead atoms. The average Bonchev–Trinajstić information content (AvgIpc) is 2.90. The van der Waals surface area contributed by atoms with Crippen molar-refractivity contribution in [2.45, 2.75) is 47.1 Å². The molecule has 8 heteroatoms. The molecule has 2 aromatic carbocycles. The smallest absolute Gasteiger partial charge is 0.238 e. The highest BCUT2D eigenvalue weighted by molar-refractivity contribution is 6.12. The molecule has 38 heavy (non-hydrogen) atoms. The quantitative estimate of drug-likeness (QED) is 0.267. The molecule has 2 heterocycles. The van der Waals surface area contributed by atoms with E-state index in [-0.39, 0.29) is 17.9 Å². The first kappa shape index (κ1) is 27.7. The van der Waals surface area contributed by atoms with Crippen LogP contribution in [0.1, 0.15) is 47.1 Å². The van der Waals surface area contributed by atoms with Crippen LogP contribution in [0.25, 0.3) is 28.0 Å². The summed E-state index contributed by atoms with van der Waals surface area (Å²) in [5.41, 5.74) is 1.82. The summed E-state index contributed by atoms with van der Waals surface area (Å²) in [5.74, 6) is 0.313. The summed E-state index contributed by atoms with van der Waals surface area (Å²) in [6.07, 6.45) is 3.95. The molecule has 0 saturated heterocycles. The second kappa shape index (κ2) is 11.6. The van der Waals surface area contributed by atoms with Gasteiger partial charge < -0.3 is 24.7 Å². The number of para-hydroxylation sites is 1. The van der Waals surface area contributed by atoms with Crippen molar-refractivity contribution in [3.05, 3.63) is 46.1 Å². The van der Waals surface area contributed by atoms with E-state index >= 15 is 0 Å². The van der Waals surface area contributed by atoms with Gasteiger partial charge in [0.05, 0.1) is 23.0 Å². The van der Waals surface area contributed by atoms with Crippen LogP contribution >= 0.6 is 0 Å². The third-order valence-electron chi connectivity index (χ3n) is 7.18. The molecule has 1 aromatic heterocycles. The molecule has 1 aliphatic heterocycles. The van der Waals surface area contributed by atoms with E-state index in [2.05, 4.69) is 29.4 Å². The second-order valence-electron chi connectivity index (χ2n) is 10.1. The Balaban J connectivity index is 1.95. The zero-order valence-corrected chi connectivity index (χ0v) is 23.4. The largest absolute Gasteiger partial charge is 0.481 e. The molecule has 0 radical (unpaired) electrons. The van der Waals surface area contributed by atoms with Gasteiger partial charge in [-0.2, -0.15) is 0 Å². The summed E-state index contributed by atoms with van der Waals surface area (Å²) in [5, 5.41) is 7.48. The first-order chi connectivity index (χ1) is 18.2. The van der Waals surface area contributed by atoms with Crippen LogP contribution in [0.15, 0.2) is 39.6 Å². The van der Waals surface area contributed by atoms with Gasteiger partial charge in [0, 0.05) is 18.7 Å². The third kappa shape index (κ3) is 5.56. The summed E-state index contributed by atoms with van der Waals surface area (Å²) in [6.45, 7) is 17.3. The Bertz CT molecular complexity index is 1400. The van der Waals surface area contributed by atoms with Gasteiger partial charge in [0.15, 0.2) is 11.3 Å². The number of ether oxygens (including phenoxy) is 1. The Morgan fingerprint density at radius 2 is 1.66 bits per heavy atom. The lowest BCUT2D eigenvalue weighted by Crippen LogP contribution is -2.34. The number of nitrogens with one attached hydrogen (secondary N) is 2. The fraction of sp³-hybridized carbons (Fsp3) is 0.467. The van der Waals surface area contributed by atoms with Gasteiger partial charge in [-0.3, -0.25) is 14.5 Å². The van der Waals surface area contributed by atoms with E-state index in [9.17, 15) is 9.59 Å². The van der Waals surface area contributed by atoms with Gasteiger partial charge in [-0.25, -0.2) is 0 Å². The number of fused-ring (bicyclic) bond motifs is 3. The molecule has 1 aliphatic rings. The minimum absolute atomic E-state index is 0.146. The maximum atomic E-state index is 13.9. The predicted molar refractivity (Wildman–Crippen MR) is 156 cm³/mol. The van der Waals surface area contributed by atoms with Gasteiger partial charge in [0.25, 0.3) is 0 Å². The summed E-state index contributed by atoms with van der Waals surface area (Å²) in [7, 11) is 0. The summed E-state index contributed by atoms with van der Waals surface area (Å²) >= 11 is 0. The maximum Gasteiger partial charge on any atom is 0.238 e. The van der Waals surface area contributed by atoms with Crippen LogP contribution in [0.4, 0.5) is 11.4 Å². The van der Waals surface area contributed by atoms with Crippen molar-refractivity contribution in [2.24, 2.45) is 0 Å². The maximum absolute atomic E-state index is 13.9. The molecular weight excluding hydrogens is 480 g/mol. The number of anilines is 2. The minimum Gasteiger partial charge on any atom is -0.481 e. The average molecular weight is 521 g/mol. The number of nitrogens with zero attached hydrogens (tertiary/aromatic N) is 2. The number of amides is 1. The molecule has 2 N–H and O–H groups in total. The molecule has 0 spiro atoms. The molecule has 204 valence electrons. The fourth-order valence-electron chi connectivity index (χ4n) is 4.88. The normalized spacial score (nSPS) is 14.2. The molecule has 0 fully saturated rings. The van der Waals surface area contributed by atoms with Crippen molar-refractivity contribution in [3.8, 4) is 5.75 Å². The zero-order chi connectivity index (χ0) is 27.4. The minimum atomic E-state index is -0.603. The van der Waals surface area contributed by atoms with Crippen LogP contribution < -0.4 is 20.8 Å². The van der Waals surface area contributed by atoms with Crippen molar-refractivity contribution in [1.29, 1.82) is 0 Å². The monoisotopic (exact) mass is 520 g/mol. The molecule has 1 amide bonds. The van der Waals surface area contributed by atoms with Crippen LogP contribution in [0.5, 0.6) is 5.75 Å². The van der Waals surface area contributed by atoms with Gasteiger partial charge in [0.2, 0.25) is 11.3 Å². The molecule has 0 saturated carbocycles. The number of benzene rings is 2. The summed E-state index contributed by atoms with van der Waals surface area (Å²) < 4.78 is 12.8. The van der Waals surface area contributed by atoms with Gasteiger partial charge >= 0.3 is 0 Å². The Labute approximate surface area is 224 Å². The van der Waals surface area contributed by atoms with E-state index in [1.807, 2.05) is 56.9 Å². The van der Waals surface area contributed by atoms with Crippen LogP contribution in [0.2, 0.25) is 0 Å². The van der Waals surface area contributed by atoms with Gasteiger partial charge in [-0.15, -0.1) is 0 Å². The van der Waals surface area contributed by atoms with Crippen molar-refractivity contribution in [3.63, 3.8) is 0 Å². The lowest BCUT2D eigenvalue weighted by molar-refractivity contribution is -0.117. The summed E-state index contributed by atoms with van der Waals surface area (Å²) in [6, 6.07) is 7.21. The molecule has 0 atom stereocenters. The van der Waals surface area contributed by atoms with Crippen molar-refractivity contribution in [2.75, 3.05) is 56.4 Å². The van der Waals surface area contributed by atoms with Crippen molar-refractivity contribution < 1.29 is 13.9 Å². The topological polar surface area (TPSA) is 87.0 Å². The van der Waals surface area contributed by atoms with Crippen LogP contribution in [0, 0.1) is 0 Å². The van der Waals surface area contributed by atoms with Crippen LogP contribution in [-0.4, -0.2) is 67.1 Å². The van der Waals surface area contributed by atoms with Crippen molar-refractivity contribution in [1.82, 2.24) is 9.80 Å². The van der Waals surface area contributed by atoms with Gasteiger partial charge in [-0.1, -0.05) is 39.8 Å². The first-order valence-electron chi connectivity index (χ1n) is 13.6. The molecule has 4 rings (SSSR count). The molecule has 8 nitrogen and oxygen atoms in total. The van der Waals surface area contributed by atoms with E-state index < -0.39 is 5.60 Å². The van der Waals surface area contributed by atoms with E-state index in [4.69, 9.17) is 9.15 Å². The predicted octanol–water partition coefficient (Wildman–Crippen LogP) is 5.16. The van der Waals surface area contributed by atoms with E-state index in [0.717, 1.165) is 38.3 Å². The second-order valence-corrected chi connectivity index (χ2v) is 10.1. The highest BCUT2D eigenvalue weighted by atomic mass is 16.5. The zero-order valence-electron chi connectivity index (χ0n) is 23.4. The Kier molecular flexibility index (Phi) is 8.43. The highest BCUT2D eigenvalue weighted by Gasteiger charge is 2.31. The number of hydrogen-bond donors (Lipinski definition) is 2. The summed E-state index contributed by atoms with van der Waals surface area (Å²) in [4.78, 5) is 31.5. The Morgan fingerprint density at radius 3 is 2.34 bits per heavy atom. The Morgan fingerprint density at radius 1 is 0.974 bits per heavy atom. The molecular formula is C30H40N4O4. The number of likely N-dealkylation sites (N-methyl/N-ethyl adjacent to an activating group) is 2. The SMILES string of the molecule is CCN(CC)CCNc1c2c(c(NC(=O)CN(CC)CC)c3oc4ccccc4c(=O)c13)OC(C)(C)C=C2. The Hall–Kier alpha value is -3.36. The standard InChI is InChI=1S/C30H40N4O4/c1-7-33(8-2)18-17-31-25-21-15-16-30(5,6)38-28(21)26(32-23(35)19-34(9-3)10-4)29-24(25)27(36)20-13-11-12-14-22(20)37-29/h11-16,31H,7-10,17-19H2,1-6H3,(H,32,35). The lowest BCUT2D eigenvalue weighted by Gasteiger charge is -2.31. The van der Waals surface area contributed by atoms with Crippen molar-refractivity contribution >= 4 is 45.3 Å². The van der Waals surface area contributed by atoms with Crippen LogP contribution in [0.3, 0.4) is 0 Å². The van der Waals surface area contributed by atoms with E-state index in [1.165, 1.54) is 0 Å². The number of rotatable bonds is 11. The van der Waals surface area contributed by atoms with Gasteiger partial charge in [-0.05, 0) is 64.3 Å².